The molecule has 30 heavy (non-hydrogen) atoms. The van der Waals surface area contributed by atoms with Crippen LogP contribution < -0.4 is 9.47 Å². The number of benzene rings is 2. The van der Waals surface area contributed by atoms with Crippen LogP contribution in [0.3, 0.4) is 0 Å². The molecule has 0 atom stereocenters. The second kappa shape index (κ2) is 9.29. The van der Waals surface area contributed by atoms with E-state index in [1.165, 1.54) is 32.4 Å². The van der Waals surface area contributed by atoms with E-state index in [1.807, 2.05) is 0 Å². The van der Waals surface area contributed by atoms with E-state index in [2.05, 4.69) is 0 Å². The van der Waals surface area contributed by atoms with Crippen molar-refractivity contribution in [2.24, 2.45) is 0 Å². The number of rotatable bonds is 6. The van der Waals surface area contributed by atoms with Crippen LogP contribution in [0.2, 0.25) is 10.0 Å². The molecule has 1 aliphatic rings. The van der Waals surface area contributed by atoms with E-state index in [0.717, 1.165) is 19.3 Å². The maximum absolute atomic E-state index is 13.0. The van der Waals surface area contributed by atoms with Gasteiger partial charge in [0.2, 0.25) is 0 Å². The zero-order valence-corrected chi connectivity index (χ0v) is 18.4. The molecule has 3 rings (SSSR count). The number of carbonyl (C=O) groups excluding carboxylic acids is 1. The first kappa shape index (κ1) is 22.5. The number of hydrogen-bond acceptors (Lipinski definition) is 5. The molecule has 2 aromatic rings. The van der Waals surface area contributed by atoms with Gasteiger partial charge >= 0.3 is 0 Å². The van der Waals surface area contributed by atoms with Crippen molar-refractivity contribution in [3.05, 3.63) is 57.1 Å². The fourth-order valence-corrected chi connectivity index (χ4v) is 4.29. The van der Waals surface area contributed by atoms with Crippen molar-refractivity contribution in [2.75, 3.05) is 14.2 Å². The van der Waals surface area contributed by atoms with Crippen molar-refractivity contribution in [1.29, 1.82) is 0 Å². The Hall–Kier alpha value is -2.21. The summed E-state index contributed by atoms with van der Waals surface area (Å²) in [4.78, 5) is 13.0. The number of aromatic hydroxyl groups is 1. The number of hydrogen-bond donors (Lipinski definition) is 2. The Balaban J connectivity index is 2.09. The first-order chi connectivity index (χ1) is 14.3. The van der Waals surface area contributed by atoms with Crippen molar-refractivity contribution >= 4 is 35.1 Å². The van der Waals surface area contributed by atoms with Crippen molar-refractivity contribution in [1.82, 2.24) is 0 Å². The highest BCUT2D eigenvalue weighted by atomic mass is 35.5. The lowest BCUT2D eigenvalue weighted by atomic mass is 9.78. The number of ether oxygens (including phenoxy) is 2. The van der Waals surface area contributed by atoms with Gasteiger partial charge in [-0.1, -0.05) is 54.6 Å². The predicted octanol–water partition coefficient (Wildman–Crippen LogP) is 5.76. The third-order valence-corrected chi connectivity index (χ3v) is 6.29. The van der Waals surface area contributed by atoms with Gasteiger partial charge in [-0.05, 0) is 36.6 Å². The average Bonchev–Trinajstić information content (AvgIpc) is 2.74. The molecule has 1 aliphatic carbocycles. The third kappa shape index (κ3) is 4.29. The molecule has 7 heteroatoms. The minimum atomic E-state index is -1.27. The summed E-state index contributed by atoms with van der Waals surface area (Å²) in [6.45, 7) is 0. The molecule has 0 heterocycles. The van der Waals surface area contributed by atoms with E-state index in [9.17, 15) is 15.0 Å². The minimum Gasteiger partial charge on any atom is -0.506 e. The van der Waals surface area contributed by atoms with E-state index in [0.29, 0.717) is 28.5 Å². The van der Waals surface area contributed by atoms with Gasteiger partial charge in [-0.2, -0.15) is 0 Å². The van der Waals surface area contributed by atoms with E-state index < -0.39 is 11.4 Å². The van der Waals surface area contributed by atoms with Gasteiger partial charge in [0.15, 0.2) is 5.78 Å². The summed E-state index contributed by atoms with van der Waals surface area (Å²) in [6.07, 6.45) is 6.42. The van der Waals surface area contributed by atoms with Crippen LogP contribution in [0.4, 0.5) is 0 Å². The summed E-state index contributed by atoms with van der Waals surface area (Å²) < 4.78 is 10.8. The molecule has 2 aromatic carbocycles. The summed E-state index contributed by atoms with van der Waals surface area (Å²) in [5.74, 6) is -0.391. The summed E-state index contributed by atoms with van der Waals surface area (Å²) in [5.41, 5.74) is -0.519. The van der Waals surface area contributed by atoms with Crippen molar-refractivity contribution in [3.8, 4) is 17.2 Å². The Kier molecular flexibility index (Phi) is 6.96. The second-order valence-electron chi connectivity index (χ2n) is 7.31. The Morgan fingerprint density at radius 1 is 1.10 bits per heavy atom. The molecule has 160 valence electrons. The van der Waals surface area contributed by atoms with Gasteiger partial charge in [0.1, 0.15) is 22.8 Å². The van der Waals surface area contributed by atoms with Crippen LogP contribution in [-0.2, 0) is 5.60 Å². The molecule has 0 bridgehead atoms. The van der Waals surface area contributed by atoms with Gasteiger partial charge in [-0.3, -0.25) is 4.79 Å². The first-order valence-electron chi connectivity index (χ1n) is 9.69. The highest BCUT2D eigenvalue weighted by Crippen LogP contribution is 2.49. The summed E-state index contributed by atoms with van der Waals surface area (Å²) in [5, 5.41) is 23.0. The van der Waals surface area contributed by atoms with E-state index >= 15 is 0 Å². The van der Waals surface area contributed by atoms with Gasteiger partial charge in [0.05, 0.1) is 35.4 Å². The fourth-order valence-electron chi connectivity index (χ4n) is 3.92. The number of phenols is 1. The molecule has 2 N–H and O–H groups in total. The normalized spacial score (nSPS) is 15.9. The van der Waals surface area contributed by atoms with Crippen molar-refractivity contribution < 1.29 is 24.5 Å². The average molecular weight is 451 g/mol. The Bertz CT molecular complexity index is 978. The quantitative estimate of drug-likeness (QED) is 0.431. The van der Waals surface area contributed by atoms with E-state index in [-0.39, 0.29) is 28.4 Å². The van der Waals surface area contributed by atoms with E-state index in [1.54, 1.807) is 18.2 Å². The molecule has 0 saturated heterocycles. The number of halogens is 2. The minimum absolute atomic E-state index is 0.0401. The van der Waals surface area contributed by atoms with Crippen LogP contribution in [0.1, 0.15) is 53.6 Å². The Morgan fingerprint density at radius 2 is 1.77 bits per heavy atom. The number of methoxy groups -OCH3 is 2. The predicted molar refractivity (Wildman–Crippen MR) is 118 cm³/mol. The molecule has 5 nitrogen and oxygen atoms in total. The lowest BCUT2D eigenvalue weighted by molar-refractivity contribution is -0.00462. The zero-order chi connectivity index (χ0) is 21.9. The molecule has 0 radical (unpaired) electrons. The molecule has 1 fully saturated rings. The van der Waals surface area contributed by atoms with Crippen LogP contribution in [0, 0.1) is 0 Å². The second-order valence-corrected chi connectivity index (χ2v) is 8.10. The molecular weight excluding hydrogens is 427 g/mol. The number of ketones is 1. The number of phenolic OH excluding ortho intramolecular Hbond substituents is 1. The largest absolute Gasteiger partial charge is 0.506 e. The van der Waals surface area contributed by atoms with Crippen molar-refractivity contribution in [3.63, 3.8) is 0 Å². The maximum Gasteiger partial charge on any atom is 0.193 e. The maximum atomic E-state index is 13.0. The molecule has 1 saturated carbocycles. The smallest absolute Gasteiger partial charge is 0.193 e. The van der Waals surface area contributed by atoms with Crippen LogP contribution in [0.25, 0.3) is 6.08 Å². The van der Waals surface area contributed by atoms with Crippen molar-refractivity contribution in [2.45, 2.75) is 37.7 Å². The topological polar surface area (TPSA) is 76.0 Å². The summed E-state index contributed by atoms with van der Waals surface area (Å²) in [7, 11) is 2.85. The van der Waals surface area contributed by atoms with E-state index in [4.69, 9.17) is 32.7 Å². The van der Waals surface area contributed by atoms with Gasteiger partial charge in [-0.15, -0.1) is 0 Å². The standard InChI is InChI=1S/C23H24Cl2O5/c1-29-17-13-18(30-2)20(23(28)11-4-3-5-12-23)22(27)19(17)16(26)10-9-14-7-6-8-15(24)21(14)25/h6-10,13,27-28H,3-5,11-12H2,1-2H3. The molecule has 0 unspecified atom stereocenters. The first-order valence-corrected chi connectivity index (χ1v) is 10.4. The summed E-state index contributed by atoms with van der Waals surface area (Å²) >= 11 is 12.2. The lowest BCUT2D eigenvalue weighted by Gasteiger charge is -2.34. The Labute approximate surface area is 185 Å². The molecule has 0 aliphatic heterocycles. The molecule has 0 amide bonds. The van der Waals surface area contributed by atoms with Crippen LogP contribution >= 0.6 is 23.2 Å². The molecular formula is C23H24Cl2O5. The molecule has 0 spiro atoms. The van der Waals surface area contributed by atoms with Crippen LogP contribution in [0.15, 0.2) is 30.3 Å². The number of allylic oxidation sites excluding steroid dienone is 1. The van der Waals surface area contributed by atoms with Gasteiger partial charge < -0.3 is 19.7 Å². The third-order valence-electron chi connectivity index (χ3n) is 5.46. The highest BCUT2D eigenvalue weighted by Gasteiger charge is 2.39. The highest BCUT2D eigenvalue weighted by molar-refractivity contribution is 6.42. The number of carbonyl (C=O) groups is 1. The zero-order valence-electron chi connectivity index (χ0n) is 16.9. The van der Waals surface area contributed by atoms with Gasteiger partial charge in [0.25, 0.3) is 0 Å². The van der Waals surface area contributed by atoms with Crippen LogP contribution in [-0.4, -0.2) is 30.2 Å². The Morgan fingerprint density at radius 3 is 2.40 bits per heavy atom. The van der Waals surface area contributed by atoms with Gasteiger partial charge in [-0.25, -0.2) is 0 Å². The monoisotopic (exact) mass is 450 g/mol. The lowest BCUT2D eigenvalue weighted by Crippen LogP contribution is -2.29. The number of aliphatic hydroxyl groups is 1. The SMILES string of the molecule is COc1cc(OC)c(C2(O)CCCCC2)c(O)c1C(=O)C=Cc1cccc(Cl)c1Cl. The summed E-state index contributed by atoms with van der Waals surface area (Å²) in [6, 6.07) is 6.62. The molecule has 0 aromatic heterocycles. The van der Waals surface area contributed by atoms with Crippen LogP contribution in [0.5, 0.6) is 17.2 Å². The van der Waals surface area contributed by atoms with Gasteiger partial charge in [0, 0.05) is 6.07 Å². The fraction of sp³-hybridized carbons (Fsp3) is 0.348.